The molecular formula is C18H20N6O2. The molecule has 4 rings (SSSR count). The summed E-state index contributed by atoms with van der Waals surface area (Å²) in [7, 11) is 0. The number of carbonyl (C=O) groups excluding carboxylic acids is 1. The Labute approximate surface area is 150 Å². The molecule has 1 N–H and O–H groups in total. The van der Waals surface area contributed by atoms with Crippen LogP contribution in [0.3, 0.4) is 0 Å². The van der Waals surface area contributed by atoms with Crippen LogP contribution in [0.5, 0.6) is 0 Å². The molecule has 1 aliphatic heterocycles. The van der Waals surface area contributed by atoms with Crippen molar-refractivity contribution >= 4 is 5.91 Å². The second-order valence-electron chi connectivity index (χ2n) is 6.16. The average molecular weight is 352 g/mol. The Kier molecular flexibility index (Phi) is 4.74. The summed E-state index contributed by atoms with van der Waals surface area (Å²) in [5.74, 6) is -0.214. The molecule has 2 aromatic heterocycles. The van der Waals surface area contributed by atoms with Gasteiger partial charge in [-0.05, 0) is 18.1 Å². The molecule has 0 saturated heterocycles. The van der Waals surface area contributed by atoms with Crippen molar-refractivity contribution in [3.63, 3.8) is 0 Å². The quantitative estimate of drug-likeness (QED) is 0.681. The zero-order valence-corrected chi connectivity index (χ0v) is 14.3. The number of rotatable bonds is 6. The SMILES string of the molecule is O=C(NCCCn1cccn1)c1nnn2c1CO[C@@H](c1ccccc1)C2. The zero-order valence-electron chi connectivity index (χ0n) is 14.3. The van der Waals surface area contributed by atoms with Crippen LogP contribution in [0.15, 0.2) is 48.8 Å². The summed E-state index contributed by atoms with van der Waals surface area (Å²) in [6.07, 6.45) is 4.36. The fraction of sp³-hybridized carbons (Fsp3) is 0.333. The van der Waals surface area contributed by atoms with Crippen LogP contribution >= 0.6 is 0 Å². The Bertz CT molecular complexity index is 859. The minimum Gasteiger partial charge on any atom is -0.365 e. The van der Waals surface area contributed by atoms with Gasteiger partial charge >= 0.3 is 0 Å². The van der Waals surface area contributed by atoms with Crippen molar-refractivity contribution in [2.24, 2.45) is 0 Å². The lowest BCUT2D eigenvalue weighted by molar-refractivity contribution is -0.00176. The summed E-state index contributed by atoms with van der Waals surface area (Å²) in [5, 5.41) is 15.2. The highest BCUT2D eigenvalue weighted by Crippen LogP contribution is 2.26. The van der Waals surface area contributed by atoms with Crippen molar-refractivity contribution in [2.45, 2.75) is 32.2 Å². The molecule has 0 fully saturated rings. The third kappa shape index (κ3) is 3.50. The number of benzene rings is 1. The predicted molar refractivity (Wildman–Crippen MR) is 93.2 cm³/mol. The van der Waals surface area contributed by atoms with Crippen molar-refractivity contribution in [1.29, 1.82) is 0 Å². The van der Waals surface area contributed by atoms with Gasteiger partial charge in [0.2, 0.25) is 0 Å². The molecule has 0 spiro atoms. The highest BCUT2D eigenvalue weighted by atomic mass is 16.5. The molecule has 1 atom stereocenters. The van der Waals surface area contributed by atoms with E-state index in [-0.39, 0.29) is 12.0 Å². The summed E-state index contributed by atoms with van der Waals surface area (Å²) in [5.41, 5.74) is 2.16. The standard InChI is InChI=1S/C18H20N6O2/c25-18(19-8-4-10-23-11-5-9-20-23)17-15-13-26-16(12-24(15)22-21-17)14-6-2-1-3-7-14/h1-3,5-7,9,11,16H,4,8,10,12-13H2,(H,19,25)/t16-/m1/s1. The van der Waals surface area contributed by atoms with Gasteiger partial charge in [-0.2, -0.15) is 5.10 Å². The average Bonchev–Trinajstić information content (AvgIpc) is 3.35. The van der Waals surface area contributed by atoms with E-state index in [1.807, 2.05) is 47.3 Å². The molecule has 134 valence electrons. The van der Waals surface area contributed by atoms with Crippen LogP contribution in [0.1, 0.15) is 34.3 Å². The summed E-state index contributed by atoms with van der Waals surface area (Å²) < 4.78 is 9.52. The van der Waals surface area contributed by atoms with Gasteiger partial charge in [-0.1, -0.05) is 35.5 Å². The minimum atomic E-state index is -0.214. The van der Waals surface area contributed by atoms with Crippen molar-refractivity contribution in [3.05, 3.63) is 65.7 Å². The van der Waals surface area contributed by atoms with E-state index in [2.05, 4.69) is 20.7 Å². The van der Waals surface area contributed by atoms with E-state index in [1.54, 1.807) is 10.9 Å². The zero-order chi connectivity index (χ0) is 17.8. The lowest BCUT2D eigenvalue weighted by atomic mass is 10.1. The summed E-state index contributed by atoms with van der Waals surface area (Å²) >= 11 is 0. The number of carbonyl (C=O) groups is 1. The number of nitrogens with zero attached hydrogens (tertiary/aromatic N) is 5. The van der Waals surface area contributed by atoms with Gasteiger partial charge in [-0.3, -0.25) is 9.48 Å². The molecule has 0 radical (unpaired) electrons. The van der Waals surface area contributed by atoms with Crippen LogP contribution < -0.4 is 5.32 Å². The van der Waals surface area contributed by atoms with Gasteiger partial charge in [0.1, 0.15) is 6.10 Å². The fourth-order valence-electron chi connectivity index (χ4n) is 3.02. The monoisotopic (exact) mass is 352 g/mol. The van der Waals surface area contributed by atoms with Gasteiger partial charge in [0.05, 0.1) is 18.8 Å². The van der Waals surface area contributed by atoms with Crippen LogP contribution in [0.25, 0.3) is 0 Å². The Hall–Kier alpha value is -3.00. The maximum absolute atomic E-state index is 12.4. The normalized spacial score (nSPS) is 16.2. The molecule has 0 aliphatic carbocycles. The van der Waals surface area contributed by atoms with E-state index in [4.69, 9.17) is 4.74 Å². The van der Waals surface area contributed by atoms with Crippen molar-refractivity contribution in [3.8, 4) is 0 Å². The van der Waals surface area contributed by atoms with Crippen LogP contribution in [0.2, 0.25) is 0 Å². The molecule has 0 bridgehead atoms. The Balaban J connectivity index is 1.34. The maximum Gasteiger partial charge on any atom is 0.273 e. The maximum atomic E-state index is 12.4. The lowest BCUT2D eigenvalue weighted by Crippen LogP contribution is -2.28. The van der Waals surface area contributed by atoms with Crippen LogP contribution in [-0.4, -0.2) is 37.2 Å². The number of hydrogen-bond acceptors (Lipinski definition) is 5. The molecule has 8 heteroatoms. The minimum absolute atomic E-state index is 0.0737. The Morgan fingerprint density at radius 3 is 2.96 bits per heavy atom. The van der Waals surface area contributed by atoms with Crippen molar-refractivity contribution in [2.75, 3.05) is 6.54 Å². The lowest BCUT2D eigenvalue weighted by Gasteiger charge is -2.24. The van der Waals surface area contributed by atoms with Gasteiger partial charge in [-0.15, -0.1) is 5.10 Å². The number of nitrogens with one attached hydrogen (secondary N) is 1. The molecular weight excluding hydrogens is 332 g/mol. The Morgan fingerprint density at radius 2 is 2.15 bits per heavy atom. The van der Waals surface area contributed by atoms with E-state index in [1.165, 1.54) is 0 Å². The number of fused-ring (bicyclic) bond motifs is 1. The van der Waals surface area contributed by atoms with E-state index < -0.39 is 0 Å². The van der Waals surface area contributed by atoms with E-state index in [9.17, 15) is 4.79 Å². The fourth-order valence-corrected chi connectivity index (χ4v) is 3.02. The van der Waals surface area contributed by atoms with Gasteiger partial charge in [0, 0.05) is 25.5 Å². The largest absolute Gasteiger partial charge is 0.365 e. The van der Waals surface area contributed by atoms with Crippen LogP contribution in [0, 0.1) is 0 Å². The molecule has 1 aromatic carbocycles. The highest BCUT2D eigenvalue weighted by Gasteiger charge is 2.27. The molecule has 26 heavy (non-hydrogen) atoms. The number of aromatic nitrogens is 5. The number of aryl methyl sites for hydroxylation is 1. The third-order valence-corrected chi connectivity index (χ3v) is 4.39. The van der Waals surface area contributed by atoms with Gasteiger partial charge < -0.3 is 10.1 Å². The summed E-state index contributed by atoms with van der Waals surface area (Å²) in [6, 6.07) is 11.9. The highest BCUT2D eigenvalue weighted by molar-refractivity contribution is 5.93. The molecule has 8 nitrogen and oxygen atoms in total. The first-order valence-corrected chi connectivity index (χ1v) is 8.66. The van der Waals surface area contributed by atoms with Crippen molar-refractivity contribution < 1.29 is 9.53 Å². The van der Waals surface area contributed by atoms with E-state index >= 15 is 0 Å². The smallest absolute Gasteiger partial charge is 0.273 e. The van der Waals surface area contributed by atoms with Crippen LogP contribution in [0.4, 0.5) is 0 Å². The molecule has 3 heterocycles. The second-order valence-corrected chi connectivity index (χ2v) is 6.16. The van der Waals surface area contributed by atoms with Crippen molar-refractivity contribution in [1.82, 2.24) is 30.1 Å². The van der Waals surface area contributed by atoms with E-state index in [0.29, 0.717) is 25.4 Å². The number of amides is 1. The Morgan fingerprint density at radius 1 is 1.27 bits per heavy atom. The molecule has 1 aliphatic rings. The predicted octanol–water partition coefficient (Wildman–Crippen LogP) is 1.57. The molecule has 3 aromatic rings. The summed E-state index contributed by atoms with van der Waals surface area (Å²) in [4.78, 5) is 12.4. The summed E-state index contributed by atoms with van der Waals surface area (Å²) in [6.45, 7) is 2.19. The first-order valence-electron chi connectivity index (χ1n) is 8.66. The molecule has 0 unspecified atom stereocenters. The first kappa shape index (κ1) is 16.5. The second kappa shape index (κ2) is 7.49. The van der Waals surface area contributed by atoms with Crippen LogP contribution in [-0.2, 0) is 24.4 Å². The number of ether oxygens (including phenoxy) is 1. The number of hydrogen-bond donors (Lipinski definition) is 1. The van der Waals surface area contributed by atoms with Gasteiger partial charge in [-0.25, -0.2) is 4.68 Å². The molecule has 0 saturated carbocycles. The van der Waals surface area contributed by atoms with E-state index in [0.717, 1.165) is 24.2 Å². The van der Waals surface area contributed by atoms with Gasteiger partial charge in [0.15, 0.2) is 5.69 Å². The molecule has 1 amide bonds. The topological polar surface area (TPSA) is 86.9 Å². The first-order chi connectivity index (χ1) is 12.8. The van der Waals surface area contributed by atoms with Gasteiger partial charge in [0.25, 0.3) is 5.91 Å². The third-order valence-electron chi connectivity index (χ3n) is 4.39.